The Hall–Kier alpha value is -1.06. The summed E-state index contributed by atoms with van der Waals surface area (Å²) < 4.78 is 10.8. The molecular formula is C14H17ClO3. The zero-order chi connectivity index (χ0) is 13.0. The largest absolute Gasteiger partial charge is 0.493 e. The van der Waals surface area contributed by atoms with Crippen molar-refractivity contribution in [2.24, 2.45) is 0 Å². The molecule has 18 heavy (non-hydrogen) atoms. The number of rotatable bonds is 6. The van der Waals surface area contributed by atoms with Crippen LogP contribution in [0.3, 0.4) is 0 Å². The average Bonchev–Trinajstić information content (AvgIpc) is 2.77. The van der Waals surface area contributed by atoms with Crippen molar-refractivity contribution in [3.8, 4) is 5.75 Å². The average molecular weight is 269 g/mol. The number of benzene rings is 1. The van der Waals surface area contributed by atoms with Crippen LogP contribution in [0.1, 0.15) is 24.5 Å². The van der Waals surface area contributed by atoms with E-state index >= 15 is 0 Å². The van der Waals surface area contributed by atoms with Gasteiger partial charge < -0.3 is 9.47 Å². The van der Waals surface area contributed by atoms with Gasteiger partial charge in [-0.1, -0.05) is 18.5 Å². The van der Waals surface area contributed by atoms with Crippen molar-refractivity contribution in [3.63, 3.8) is 0 Å². The van der Waals surface area contributed by atoms with Crippen molar-refractivity contribution in [2.75, 3.05) is 19.8 Å². The lowest BCUT2D eigenvalue weighted by Gasteiger charge is -2.08. The summed E-state index contributed by atoms with van der Waals surface area (Å²) in [6, 6.07) is 3.72. The van der Waals surface area contributed by atoms with Crippen LogP contribution in [0.15, 0.2) is 12.1 Å². The third kappa shape index (κ3) is 3.24. The van der Waals surface area contributed by atoms with Crippen LogP contribution < -0.4 is 4.74 Å². The van der Waals surface area contributed by atoms with Gasteiger partial charge in [-0.3, -0.25) is 4.79 Å². The summed E-state index contributed by atoms with van der Waals surface area (Å²) in [5.74, 6) is 0.895. The Morgan fingerprint density at radius 3 is 3.11 bits per heavy atom. The first-order valence-corrected chi connectivity index (χ1v) is 6.62. The maximum Gasteiger partial charge on any atom is 0.162 e. The van der Waals surface area contributed by atoms with Gasteiger partial charge in [-0.15, -0.1) is 0 Å². The summed E-state index contributed by atoms with van der Waals surface area (Å²) in [7, 11) is 0. The van der Waals surface area contributed by atoms with Crippen LogP contribution in [-0.4, -0.2) is 25.6 Å². The second-order valence-corrected chi connectivity index (χ2v) is 4.86. The molecule has 0 unspecified atom stereocenters. The van der Waals surface area contributed by atoms with Gasteiger partial charge in [-0.2, -0.15) is 0 Å². The van der Waals surface area contributed by atoms with E-state index in [-0.39, 0.29) is 12.4 Å². The van der Waals surface area contributed by atoms with E-state index in [1.807, 2.05) is 19.1 Å². The fourth-order valence-corrected chi connectivity index (χ4v) is 2.33. The second kappa shape index (κ2) is 6.21. The molecular weight excluding hydrogens is 252 g/mol. The van der Waals surface area contributed by atoms with E-state index in [1.165, 1.54) is 0 Å². The van der Waals surface area contributed by atoms with Crippen molar-refractivity contribution in [2.45, 2.75) is 26.2 Å². The molecule has 0 atom stereocenters. The molecule has 0 amide bonds. The van der Waals surface area contributed by atoms with Gasteiger partial charge >= 0.3 is 0 Å². The lowest BCUT2D eigenvalue weighted by molar-refractivity contribution is -0.122. The Kier molecular flexibility index (Phi) is 4.61. The second-order valence-electron chi connectivity index (χ2n) is 4.42. The highest BCUT2D eigenvalue weighted by atomic mass is 35.5. The highest BCUT2D eigenvalue weighted by molar-refractivity contribution is 6.30. The van der Waals surface area contributed by atoms with Gasteiger partial charge in [-0.25, -0.2) is 0 Å². The minimum atomic E-state index is 0.0587. The first-order chi connectivity index (χ1) is 8.70. The first kappa shape index (κ1) is 13.4. The third-order valence-corrected chi connectivity index (χ3v) is 3.04. The molecule has 0 N–H and O–H groups in total. The van der Waals surface area contributed by atoms with E-state index < -0.39 is 0 Å². The molecule has 0 spiro atoms. The molecule has 1 heterocycles. The van der Waals surface area contributed by atoms with Crippen LogP contribution in [0.5, 0.6) is 5.75 Å². The number of carbonyl (C=O) groups excluding carboxylic acids is 1. The van der Waals surface area contributed by atoms with Crippen LogP contribution in [0, 0.1) is 0 Å². The van der Waals surface area contributed by atoms with Gasteiger partial charge in [0.05, 0.1) is 6.61 Å². The Morgan fingerprint density at radius 1 is 1.50 bits per heavy atom. The molecule has 3 nitrogen and oxygen atoms in total. The molecule has 1 aliphatic heterocycles. The van der Waals surface area contributed by atoms with E-state index in [9.17, 15) is 4.79 Å². The summed E-state index contributed by atoms with van der Waals surface area (Å²) in [6.07, 6.45) is 2.11. The van der Waals surface area contributed by atoms with Gasteiger partial charge in [0.1, 0.15) is 12.4 Å². The van der Waals surface area contributed by atoms with Crippen LogP contribution in [-0.2, 0) is 22.4 Å². The third-order valence-electron chi connectivity index (χ3n) is 2.82. The van der Waals surface area contributed by atoms with Crippen molar-refractivity contribution in [1.82, 2.24) is 0 Å². The SMILES string of the molecule is CCCOCC(=O)Cc1cc(Cl)cc2c1OCC2. The number of carbonyl (C=O) groups is 1. The van der Waals surface area contributed by atoms with E-state index in [1.54, 1.807) is 0 Å². The summed E-state index contributed by atoms with van der Waals surface area (Å²) >= 11 is 6.04. The van der Waals surface area contributed by atoms with E-state index in [2.05, 4.69) is 0 Å². The number of halogens is 1. The molecule has 0 bridgehead atoms. The fourth-order valence-electron chi connectivity index (χ4n) is 2.07. The van der Waals surface area contributed by atoms with Crippen molar-refractivity contribution >= 4 is 17.4 Å². The van der Waals surface area contributed by atoms with E-state index in [0.29, 0.717) is 24.7 Å². The highest BCUT2D eigenvalue weighted by Crippen LogP contribution is 2.33. The maximum atomic E-state index is 11.8. The predicted molar refractivity (Wildman–Crippen MR) is 70.5 cm³/mol. The molecule has 0 saturated carbocycles. The topological polar surface area (TPSA) is 35.5 Å². The molecule has 98 valence electrons. The molecule has 0 fully saturated rings. The Labute approximate surface area is 112 Å². The minimum Gasteiger partial charge on any atom is -0.493 e. The Bertz CT molecular complexity index is 443. The van der Waals surface area contributed by atoms with E-state index in [4.69, 9.17) is 21.1 Å². The smallest absolute Gasteiger partial charge is 0.162 e. The molecule has 0 aliphatic carbocycles. The van der Waals surface area contributed by atoms with Crippen molar-refractivity contribution in [3.05, 3.63) is 28.3 Å². The first-order valence-electron chi connectivity index (χ1n) is 6.24. The number of fused-ring (bicyclic) bond motifs is 1. The number of ketones is 1. The summed E-state index contributed by atoms with van der Waals surface area (Å²) in [5.41, 5.74) is 1.97. The predicted octanol–water partition coefficient (Wildman–Crippen LogP) is 2.81. The number of hydrogen-bond acceptors (Lipinski definition) is 3. The van der Waals surface area contributed by atoms with Gasteiger partial charge in [0.25, 0.3) is 0 Å². The Morgan fingerprint density at radius 2 is 2.33 bits per heavy atom. The number of ether oxygens (including phenoxy) is 2. The lowest BCUT2D eigenvalue weighted by Crippen LogP contribution is -2.12. The van der Waals surface area contributed by atoms with Crippen LogP contribution >= 0.6 is 11.6 Å². The van der Waals surface area contributed by atoms with Crippen LogP contribution in [0.4, 0.5) is 0 Å². The Balaban J connectivity index is 2.03. The summed E-state index contributed by atoms with van der Waals surface area (Å²) in [4.78, 5) is 11.8. The molecule has 0 aromatic heterocycles. The zero-order valence-electron chi connectivity index (χ0n) is 10.5. The van der Waals surface area contributed by atoms with Crippen molar-refractivity contribution < 1.29 is 14.3 Å². The van der Waals surface area contributed by atoms with Crippen molar-refractivity contribution in [1.29, 1.82) is 0 Å². The zero-order valence-corrected chi connectivity index (χ0v) is 11.3. The molecule has 2 rings (SSSR count). The number of Topliss-reactive ketones (excluding diaryl/α,β-unsaturated/α-hetero) is 1. The number of hydrogen-bond donors (Lipinski definition) is 0. The van der Waals surface area contributed by atoms with Gasteiger partial charge in [-0.05, 0) is 24.1 Å². The highest BCUT2D eigenvalue weighted by Gasteiger charge is 2.19. The monoisotopic (exact) mass is 268 g/mol. The van der Waals surface area contributed by atoms with Gasteiger partial charge in [0.15, 0.2) is 5.78 Å². The summed E-state index contributed by atoms with van der Waals surface area (Å²) in [6.45, 7) is 3.47. The molecule has 0 radical (unpaired) electrons. The molecule has 4 heteroatoms. The van der Waals surface area contributed by atoms with Crippen LogP contribution in [0.2, 0.25) is 5.02 Å². The molecule has 1 aromatic rings. The van der Waals surface area contributed by atoms with Gasteiger partial charge in [0.2, 0.25) is 0 Å². The quantitative estimate of drug-likeness (QED) is 0.744. The molecule has 1 aromatic carbocycles. The fraction of sp³-hybridized carbons (Fsp3) is 0.500. The lowest BCUT2D eigenvalue weighted by atomic mass is 10.0. The summed E-state index contributed by atoms with van der Waals surface area (Å²) in [5, 5.41) is 0.663. The van der Waals surface area contributed by atoms with Gasteiger partial charge in [0, 0.05) is 30.0 Å². The standard InChI is InChI=1S/C14H17ClO3/c1-2-4-17-9-13(16)8-11-7-12(15)6-10-3-5-18-14(10)11/h6-7H,2-5,8-9H2,1H3. The normalized spacial score (nSPS) is 13.2. The minimum absolute atomic E-state index is 0.0587. The molecule has 0 saturated heterocycles. The maximum absolute atomic E-state index is 11.8. The molecule has 1 aliphatic rings. The van der Waals surface area contributed by atoms with Crippen LogP contribution in [0.25, 0.3) is 0 Å². The van der Waals surface area contributed by atoms with E-state index in [0.717, 1.165) is 29.7 Å².